The van der Waals surface area contributed by atoms with Crippen LogP contribution in [0.3, 0.4) is 0 Å². The number of hydrogen-bond acceptors (Lipinski definition) is 4. The fraction of sp³-hybridized carbons (Fsp3) is 0.438. The van der Waals surface area contributed by atoms with Gasteiger partial charge in [0.05, 0.1) is 6.20 Å². The van der Waals surface area contributed by atoms with Gasteiger partial charge in [-0.2, -0.15) is 5.10 Å². The predicted octanol–water partition coefficient (Wildman–Crippen LogP) is 1.56. The van der Waals surface area contributed by atoms with E-state index >= 15 is 0 Å². The van der Waals surface area contributed by atoms with E-state index in [0.717, 1.165) is 12.0 Å². The van der Waals surface area contributed by atoms with Gasteiger partial charge in [0.15, 0.2) is 0 Å². The third kappa shape index (κ3) is 4.40. The van der Waals surface area contributed by atoms with Crippen LogP contribution in [0.2, 0.25) is 0 Å². The van der Waals surface area contributed by atoms with E-state index in [9.17, 15) is 8.42 Å². The summed E-state index contributed by atoms with van der Waals surface area (Å²) in [6, 6.07) is 8.25. The van der Waals surface area contributed by atoms with E-state index in [0.29, 0.717) is 6.54 Å². The van der Waals surface area contributed by atoms with Crippen molar-refractivity contribution in [3.63, 3.8) is 0 Å². The Bertz CT molecular complexity index is 736. The number of aromatic nitrogens is 2. The topological polar surface area (TPSA) is 67.2 Å². The summed E-state index contributed by atoms with van der Waals surface area (Å²) in [5.74, 6) is 0. The fourth-order valence-electron chi connectivity index (χ4n) is 2.38. The standard InChI is InChI=1S/C16H24N4O2S/c1-5-13-6-8-14(9-7-13)16(19(2)3)11-18-23(21,22)15-10-17-20(4)12-15/h6-10,12,16,18H,5,11H2,1-4H3/t16-/m0/s1. The van der Waals surface area contributed by atoms with Crippen LogP contribution in [-0.4, -0.2) is 43.7 Å². The Hall–Kier alpha value is -1.70. The lowest BCUT2D eigenvalue weighted by atomic mass is 10.0. The minimum absolute atomic E-state index is 0.0349. The van der Waals surface area contributed by atoms with Gasteiger partial charge < -0.3 is 4.90 Å². The molecule has 1 aromatic heterocycles. The lowest BCUT2D eigenvalue weighted by Gasteiger charge is -2.25. The normalized spacial score (nSPS) is 13.4. The van der Waals surface area contributed by atoms with Crippen molar-refractivity contribution >= 4 is 10.0 Å². The molecule has 1 aromatic carbocycles. The molecular weight excluding hydrogens is 312 g/mol. The molecule has 0 radical (unpaired) electrons. The van der Waals surface area contributed by atoms with E-state index in [1.165, 1.54) is 22.6 Å². The van der Waals surface area contributed by atoms with Crippen LogP contribution in [0.5, 0.6) is 0 Å². The molecule has 0 amide bonds. The summed E-state index contributed by atoms with van der Waals surface area (Å²) in [5, 5.41) is 3.91. The van der Waals surface area contributed by atoms with E-state index in [1.807, 2.05) is 19.0 Å². The molecule has 0 saturated carbocycles. The number of aryl methyl sites for hydroxylation is 2. The van der Waals surface area contributed by atoms with Gasteiger partial charge in [-0.25, -0.2) is 13.1 Å². The monoisotopic (exact) mass is 336 g/mol. The zero-order valence-corrected chi connectivity index (χ0v) is 14.8. The number of likely N-dealkylation sites (N-methyl/N-ethyl adjacent to an activating group) is 1. The van der Waals surface area contributed by atoms with E-state index in [-0.39, 0.29) is 10.9 Å². The van der Waals surface area contributed by atoms with E-state index in [1.54, 1.807) is 7.05 Å². The first-order valence-corrected chi connectivity index (χ1v) is 9.05. The van der Waals surface area contributed by atoms with Gasteiger partial charge in [0.1, 0.15) is 4.90 Å². The summed E-state index contributed by atoms with van der Waals surface area (Å²) in [4.78, 5) is 2.19. The first kappa shape index (κ1) is 17.7. The van der Waals surface area contributed by atoms with Crippen molar-refractivity contribution in [1.82, 2.24) is 19.4 Å². The number of nitrogens with zero attached hydrogens (tertiary/aromatic N) is 3. The summed E-state index contributed by atoms with van der Waals surface area (Å²) in [6.45, 7) is 2.41. The third-order valence-electron chi connectivity index (χ3n) is 3.85. The Morgan fingerprint density at radius 2 is 1.91 bits per heavy atom. The van der Waals surface area contributed by atoms with Crippen molar-refractivity contribution in [1.29, 1.82) is 0 Å². The van der Waals surface area contributed by atoms with Crippen molar-refractivity contribution < 1.29 is 8.42 Å². The molecule has 0 unspecified atom stereocenters. The molecule has 23 heavy (non-hydrogen) atoms. The molecular formula is C16H24N4O2S. The number of rotatable bonds is 7. The second-order valence-corrected chi connectivity index (χ2v) is 7.54. The van der Waals surface area contributed by atoms with Crippen molar-refractivity contribution in [3.8, 4) is 0 Å². The number of nitrogens with one attached hydrogen (secondary N) is 1. The van der Waals surface area contributed by atoms with Gasteiger partial charge in [0.25, 0.3) is 0 Å². The maximum absolute atomic E-state index is 12.3. The maximum Gasteiger partial charge on any atom is 0.243 e. The van der Waals surface area contributed by atoms with Crippen LogP contribution in [0.15, 0.2) is 41.6 Å². The largest absolute Gasteiger partial charge is 0.301 e. The highest BCUT2D eigenvalue weighted by Gasteiger charge is 2.20. The molecule has 7 heteroatoms. The first-order chi connectivity index (χ1) is 10.8. The Kier molecular flexibility index (Phi) is 5.56. The molecule has 2 rings (SSSR count). The fourth-order valence-corrected chi connectivity index (χ4v) is 3.40. The van der Waals surface area contributed by atoms with Crippen molar-refractivity contribution in [2.75, 3.05) is 20.6 Å². The molecule has 0 aliphatic rings. The number of hydrogen-bond donors (Lipinski definition) is 1. The van der Waals surface area contributed by atoms with Gasteiger partial charge in [-0.15, -0.1) is 0 Å². The van der Waals surface area contributed by atoms with E-state index in [4.69, 9.17) is 0 Å². The van der Waals surface area contributed by atoms with Gasteiger partial charge in [-0.3, -0.25) is 4.68 Å². The average Bonchev–Trinajstić information content (AvgIpc) is 2.95. The highest BCUT2D eigenvalue weighted by Crippen LogP contribution is 2.19. The molecule has 0 aliphatic heterocycles. The zero-order chi connectivity index (χ0) is 17.0. The quantitative estimate of drug-likeness (QED) is 0.833. The van der Waals surface area contributed by atoms with Crippen LogP contribution in [0.25, 0.3) is 0 Å². The molecule has 1 atom stereocenters. The highest BCUT2D eigenvalue weighted by atomic mass is 32.2. The predicted molar refractivity (Wildman–Crippen MR) is 90.6 cm³/mol. The zero-order valence-electron chi connectivity index (χ0n) is 14.0. The molecule has 1 N–H and O–H groups in total. The Labute approximate surface area is 138 Å². The summed E-state index contributed by atoms with van der Waals surface area (Å²) in [7, 11) is 2.03. The maximum atomic E-state index is 12.3. The summed E-state index contributed by atoms with van der Waals surface area (Å²) >= 11 is 0. The van der Waals surface area contributed by atoms with Crippen LogP contribution in [0, 0.1) is 0 Å². The van der Waals surface area contributed by atoms with Crippen molar-refractivity contribution in [3.05, 3.63) is 47.8 Å². The van der Waals surface area contributed by atoms with Crippen LogP contribution in [0.4, 0.5) is 0 Å². The SMILES string of the molecule is CCc1ccc([C@H](CNS(=O)(=O)c2cnn(C)c2)N(C)C)cc1. The lowest BCUT2D eigenvalue weighted by Crippen LogP contribution is -2.34. The second-order valence-electron chi connectivity index (χ2n) is 5.78. The van der Waals surface area contributed by atoms with Gasteiger partial charge in [-0.05, 0) is 31.6 Å². The minimum atomic E-state index is -3.55. The summed E-state index contributed by atoms with van der Waals surface area (Å²) in [5.41, 5.74) is 2.35. The lowest BCUT2D eigenvalue weighted by molar-refractivity contribution is 0.299. The number of sulfonamides is 1. The van der Waals surface area contributed by atoms with Gasteiger partial charge in [0.2, 0.25) is 10.0 Å². The molecule has 0 aliphatic carbocycles. The second kappa shape index (κ2) is 7.25. The van der Waals surface area contributed by atoms with Gasteiger partial charge in [-0.1, -0.05) is 31.2 Å². The minimum Gasteiger partial charge on any atom is -0.301 e. The smallest absolute Gasteiger partial charge is 0.243 e. The van der Waals surface area contributed by atoms with Crippen LogP contribution in [0.1, 0.15) is 24.1 Å². The molecule has 0 bridgehead atoms. The Morgan fingerprint density at radius 1 is 1.26 bits per heavy atom. The van der Waals surface area contributed by atoms with E-state index < -0.39 is 10.0 Å². The molecule has 1 heterocycles. The molecule has 0 spiro atoms. The van der Waals surface area contributed by atoms with Gasteiger partial charge in [0, 0.05) is 25.8 Å². The average molecular weight is 336 g/mol. The van der Waals surface area contributed by atoms with Crippen molar-refractivity contribution in [2.45, 2.75) is 24.3 Å². The third-order valence-corrected chi connectivity index (χ3v) is 5.23. The van der Waals surface area contributed by atoms with E-state index in [2.05, 4.69) is 41.0 Å². The molecule has 0 saturated heterocycles. The Morgan fingerprint density at radius 3 is 2.39 bits per heavy atom. The molecule has 0 fully saturated rings. The van der Waals surface area contributed by atoms with Gasteiger partial charge >= 0.3 is 0 Å². The summed E-state index contributed by atoms with van der Waals surface area (Å²) < 4.78 is 28.8. The highest BCUT2D eigenvalue weighted by molar-refractivity contribution is 7.89. The van der Waals surface area contributed by atoms with Crippen LogP contribution >= 0.6 is 0 Å². The Balaban J connectivity index is 2.13. The van der Waals surface area contributed by atoms with Crippen molar-refractivity contribution in [2.24, 2.45) is 7.05 Å². The molecule has 6 nitrogen and oxygen atoms in total. The molecule has 126 valence electrons. The molecule has 2 aromatic rings. The number of benzene rings is 1. The first-order valence-electron chi connectivity index (χ1n) is 7.57. The van der Waals surface area contributed by atoms with Crippen LogP contribution < -0.4 is 4.72 Å². The summed E-state index contributed by atoms with van der Waals surface area (Å²) in [6.07, 6.45) is 3.83. The van der Waals surface area contributed by atoms with Crippen LogP contribution in [-0.2, 0) is 23.5 Å².